The first-order chi connectivity index (χ1) is 17.6. The zero-order valence-corrected chi connectivity index (χ0v) is 22.6. The van der Waals surface area contributed by atoms with Gasteiger partial charge in [0.2, 0.25) is 5.91 Å². The number of carbonyl (C=O) groups is 3. The average molecular weight is 514 g/mol. The van der Waals surface area contributed by atoms with Crippen LogP contribution in [-0.4, -0.2) is 53.2 Å². The third kappa shape index (κ3) is 4.43. The molecule has 8 heteroatoms. The van der Waals surface area contributed by atoms with Crippen molar-refractivity contribution in [1.29, 1.82) is 0 Å². The molecule has 3 saturated carbocycles. The van der Waals surface area contributed by atoms with E-state index in [1.807, 2.05) is 0 Å². The molecule has 0 aromatic carbocycles. The molecule has 37 heavy (non-hydrogen) atoms. The van der Waals surface area contributed by atoms with Crippen LogP contribution in [0.2, 0.25) is 0 Å². The molecule has 7 atom stereocenters. The van der Waals surface area contributed by atoms with Crippen LogP contribution in [0.3, 0.4) is 0 Å². The molecule has 1 saturated heterocycles. The molecule has 204 valence electrons. The standard InChI is InChI=1S/C29H43N3O5/c1-18(33)29(36)14-11-23-21-8-7-19-16-20(9-12-27(19,2)22(21)10-13-28(23,29)3)32-37-17-25(34)31-24-6-4-5-15-30-26(24)35/h16,21-24,36H,4-15,17H2,1-3H3,(H,30,35)(H,31,34)/b32-20+/t21-,22+,23+,24-,27+,28+,29+/m1/s1. The van der Waals surface area contributed by atoms with E-state index in [0.717, 1.165) is 63.5 Å². The monoisotopic (exact) mass is 513 g/mol. The number of rotatable bonds is 5. The van der Waals surface area contributed by atoms with Crippen LogP contribution in [0, 0.1) is 28.6 Å². The highest BCUT2D eigenvalue weighted by molar-refractivity contribution is 5.96. The van der Waals surface area contributed by atoms with Gasteiger partial charge < -0.3 is 20.6 Å². The SMILES string of the molecule is CC(=O)[C@@]1(O)CC[C@H]2[C@@H]3CCC4=C/C(=N/OCC(=O)N[C@@H]5CCCCNC5=O)CC[C@]4(C)[C@H]3CC[C@@]21C. The Kier molecular flexibility index (Phi) is 7.01. The molecule has 0 spiro atoms. The zero-order valence-electron chi connectivity index (χ0n) is 22.6. The van der Waals surface area contributed by atoms with Crippen LogP contribution in [0.5, 0.6) is 0 Å². The lowest BCUT2D eigenvalue weighted by Crippen LogP contribution is -2.57. The fourth-order valence-electron chi connectivity index (χ4n) is 8.72. The number of allylic oxidation sites excluding steroid dienone is 2. The highest BCUT2D eigenvalue weighted by Crippen LogP contribution is 2.67. The number of amides is 2. The summed E-state index contributed by atoms with van der Waals surface area (Å²) in [4.78, 5) is 42.2. The number of nitrogens with one attached hydrogen (secondary N) is 2. The van der Waals surface area contributed by atoms with Gasteiger partial charge in [0.25, 0.3) is 5.91 Å². The topological polar surface area (TPSA) is 117 Å². The van der Waals surface area contributed by atoms with Gasteiger partial charge in [0.1, 0.15) is 11.6 Å². The van der Waals surface area contributed by atoms with Crippen LogP contribution in [0.4, 0.5) is 0 Å². The van der Waals surface area contributed by atoms with Crippen LogP contribution < -0.4 is 10.6 Å². The van der Waals surface area contributed by atoms with E-state index in [1.165, 1.54) is 5.57 Å². The molecule has 8 nitrogen and oxygen atoms in total. The van der Waals surface area contributed by atoms with Gasteiger partial charge in [-0.05, 0) is 107 Å². The van der Waals surface area contributed by atoms with Gasteiger partial charge in [0, 0.05) is 12.0 Å². The van der Waals surface area contributed by atoms with Crippen molar-refractivity contribution >= 4 is 23.3 Å². The van der Waals surface area contributed by atoms with Crippen molar-refractivity contribution in [3.8, 4) is 0 Å². The maximum atomic E-state index is 12.4. The summed E-state index contributed by atoms with van der Waals surface area (Å²) in [7, 11) is 0. The number of hydrogen-bond donors (Lipinski definition) is 3. The number of aliphatic hydroxyl groups is 1. The van der Waals surface area contributed by atoms with E-state index >= 15 is 0 Å². The Morgan fingerprint density at radius 2 is 1.89 bits per heavy atom. The maximum absolute atomic E-state index is 12.4. The summed E-state index contributed by atoms with van der Waals surface area (Å²) < 4.78 is 0. The van der Waals surface area contributed by atoms with E-state index in [0.29, 0.717) is 37.1 Å². The molecule has 0 aromatic heterocycles. The molecule has 5 rings (SSSR count). The number of oxime groups is 1. The Morgan fingerprint density at radius 3 is 2.68 bits per heavy atom. The number of hydrogen-bond acceptors (Lipinski definition) is 6. The van der Waals surface area contributed by atoms with Crippen LogP contribution >= 0.6 is 0 Å². The summed E-state index contributed by atoms with van der Waals surface area (Å²) in [5.74, 6) is 0.963. The van der Waals surface area contributed by atoms with Gasteiger partial charge in [-0.15, -0.1) is 0 Å². The molecule has 2 amide bonds. The summed E-state index contributed by atoms with van der Waals surface area (Å²) in [5, 5.41) is 21.2. The van der Waals surface area contributed by atoms with Gasteiger partial charge in [-0.2, -0.15) is 0 Å². The second kappa shape index (κ2) is 9.83. The predicted molar refractivity (Wildman–Crippen MR) is 140 cm³/mol. The number of ketones is 1. The third-order valence-electron chi connectivity index (χ3n) is 11.0. The Bertz CT molecular complexity index is 1020. The molecule has 0 radical (unpaired) electrons. The Balaban J connectivity index is 1.22. The van der Waals surface area contributed by atoms with Gasteiger partial charge in [-0.25, -0.2) is 0 Å². The smallest absolute Gasteiger partial charge is 0.261 e. The van der Waals surface area contributed by atoms with Crippen molar-refractivity contribution < 1.29 is 24.3 Å². The molecule has 0 aromatic rings. The number of carbonyl (C=O) groups excluding carboxylic acids is 3. The Morgan fingerprint density at radius 1 is 1.11 bits per heavy atom. The van der Waals surface area contributed by atoms with Crippen molar-refractivity contribution in [3.63, 3.8) is 0 Å². The summed E-state index contributed by atoms with van der Waals surface area (Å²) in [6.45, 7) is 6.58. The third-order valence-corrected chi connectivity index (χ3v) is 11.0. The second-order valence-corrected chi connectivity index (χ2v) is 12.7. The minimum atomic E-state index is -1.17. The van der Waals surface area contributed by atoms with Crippen molar-refractivity contribution in [3.05, 3.63) is 11.6 Å². The van der Waals surface area contributed by atoms with Gasteiger partial charge in [0.05, 0.1) is 5.71 Å². The van der Waals surface area contributed by atoms with Gasteiger partial charge >= 0.3 is 0 Å². The van der Waals surface area contributed by atoms with E-state index in [4.69, 9.17) is 4.84 Å². The largest absolute Gasteiger partial charge is 0.385 e. The maximum Gasteiger partial charge on any atom is 0.261 e. The minimum Gasteiger partial charge on any atom is -0.385 e. The van der Waals surface area contributed by atoms with Gasteiger partial charge in [0.15, 0.2) is 12.4 Å². The predicted octanol–water partition coefficient (Wildman–Crippen LogP) is 3.43. The summed E-state index contributed by atoms with van der Waals surface area (Å²) in [6, 6.07) is -0.498. The van der Waals surface area contributed by atoms with Gasteiger partial charge in [-0.1, -0.05) is 24.6 Å². The summed E-state index contributed by atoms with van der Waals surface area (Å²) in [5.41, 5.74) is 0.911. The first-order valence-corrected chi connectivity index (χ1v) is 14.3. The van der Waals surface area contributed by atoms with E-state index in [-0.39, 0.29) is 35.0 Å². The number of fused-ring (bicyclic) bond motifs is 5. The van der Waals surface area contributed by atoms with Crippen molar-refractivity contribution in [2.24, 2.45) is 33.7 Å². The van der Waals surface area contributed by atoms with Crippen molar-refractivity contribution in [2.75, 3.05) is 13.2 Å². The first-order valence-electron chi connectivity index (χ1n) is 14.3. The molecular formula is C29H43N3O5. The van der Waals surface area contributed by atoms with Crippen molar-refractivity contribution in [2.45, 2.75) is 103 Å². The molecular weight excluding hydrogens is 470 g/mol. The molecule has 4 aliphatic carbocycles. The quantitative estimate of drug-likeness (QED) is 0.487. The highest BCUT2D eigenvalue weighted by Gasteiger charge is 2.65. The molecule has 4 fully saturated rings. The number of nitrogens with zero attached hydrogens (tertiary/aromatic N) is 1. The zero-order chi connectivity index (χ0) is 26.4. The van der Waals surface area contributed by atoms with Crippen LogP contribution in [0.1, 0.15) is 91.4 Å². The molecule has 1 aliphatic heterocycles. The summed E-state index contributed by atoms with van der Waals surface area (Å²) in [6.07, 6.45) is 12.0. The van der Waals surface area contributed by atoms with Crippen LogP contribution in [0.15, 0.2) is 16.8 Å². The van der Waals surface area contributed by atoms with Crippen LogP contribution in [-0.2, 0) is 19.2 Å². The highest BCUT2D eigenvalue weighted by atomic mass is 16.6. The van der Waals surface area contributed by atoms with E-state index in [1.54, 1.807) is 6.92 Å². The molecule has 3 N–H and O–H groups in total. The molecule has 0 bridgehead atoms. The van der Waals surface area contributed by atoms with Gasteiger partial charge in [-0.3, -0.25) is 14.4 Å². The lowest BCUT2D eigenvalue weighted by atomic mass is 9.46. The minimum absolute atomic E-state index is 0.0664. The fraction of sp³-hybridized carbons (Fsp3) is 0.793. The second-order valence-electron chi connectivity index (χ2n) is 12.7. The Labute approximate surface area is 220 Å². The molecule has 5 aliphatic rings. The fourth-order valence-corrected chi connectivity index (χ4v) is 8.72. The average Bonchev–Trinajstić information content (AvgIpc) is 2.99. The van der Waals surface area contributed by atoms with Crippen molar-refractivity contribution in [1.82, 2.24) is 10.6 Å². The first kappa shape index (κ1) is 26.4. The normalized spacial score (nSPS) is 42.4. The van der Waals surface area contributed by atoms with Crippen LogP contribution in [0.25, 0.3) is 0 Å². The molecule has 1 heterocycles. The van der Waals surface area contributed by atoms with E-state index in [2.05, 4.69) is 35.7 Å². The van der Waals surface area contributed by atoms with E-state index < -0.39 is 11.6 Å². The lowest BCUT2D eigenvalue weighted by molar-refractivity contribution is -0.159. The Hall–Kier alpha value is -2.22. The lowest BCUT2D eigenvalue weighted by Gasteiger charge is -2.59. The summed E-state index contributed by atoms with van der Waals surface area (Å²) >= 11 is 0. The number of Topliss-reactive ketones (excluding diaryl/α,β-unsaturated/α-hetero) is 1. The molecule has 0 unspecified atom stereocenters. The van der Waals surface area contributed by atoms with E-state index in [9.17, 15) is 19.5 Å².